The van der Waals surface area contributed by atoms with Gasteiger partial charge in [0.05, 0.1) is 5.56 Å². The van der Waals surface area contributed by atoms with Gasteiger partial charge < -0.3 is 15.5 Å². The molecule has 0 amide bonds. The summed E-state index contributed by atoms with van der Waals surface area (Å²) in [6, 6.07) is 5.68. The lowest BCUT2D eigenvalue weighted by molar-refractivity contribution is 0.101. The molecule has 1 aromatic rings. The number of benzene rings is 1. The van der Waals surface area contributed by atoms with Crippen LogP contribution in [0.2, 0.25) is 0 Å². The molecule has 0 saturated carbocycles. The van der Waals surface area contributed by atoms with Crippen LogP contribution in [0.1, 0.15) is 43.0 Å². The summed E-state index contributed by atoms with van der Waals surface area (Å²) in [5.74, 6) is 0.0389. The van der Waals surface area contributed by atoms with Crippen LogP contribution in [-0.2, 0) is 0 Å². The Morgan fingerprint density at radius 2 is 1.65 bits per heavy atom. The van der Waals surface area contributed by atoms with Crippen molar-refractivity contribution in [1.82, 2.24) is 4.90 Å². The Hall–Kier alpha value is -1.81. The predicted octanol–water partition coefficient (Wildman–Crippen LogP) is 3.34. The molecule has 2 aliphatic rings. The van der Waals surface area contributed by atoms with Crippen molar-refractivity contribution in [2.75, 3.05) is 43.9 Å². The molecule has 0 radical (unpaired) electrons. The van der Waals surface area contributed by atoms with Crippen molar-refractivity contribution < 1.29 is 4.79 Å². The number of carbonyl (C=O) groups excluding carboxylic acids is 1. The van der Waals surface area contributed by atoms with Gasteiger partial charge in [-0.05, 0) is 51.8 Å². The van der Waals surface area contributed by atoms with Gasteiger partial charge in [0.25, 0.3) is 0 Å². The summed E-state index contributed by atoms with van der Waals surface area (Å²) in [6.45, 7) is 5.50. The number of nitrogens with zero attached hydrogens (tertiary/aromatic N) is 2. The number of ketones is 1. The summed E-state index contributed by atoms with van der Waals surface area (Å²) in [6.07, 6.45) is 10.0. The lowest BCUT2D eigenvalue weighted by Gasteiger charge is -2.35. The molecule has 1 aromatic carbocycles. The fraction of sp³-hybridized carbons (Fsp3) is 0.526. The van der Waals surface area contributed by atoms with Crippen LogP contribution >= 0.6 is 0 Å². The summed E-state index contributed by atoms with van der Waals surface area (Å²) < 4.78 is 0. The van der Waals surface area contributed by atoms with E-state index >= 15 is 0 Å². The molecule has 23 heavy (non-hydrogen) atoms. The van der Waals surface area contributed by atoms with E-state index in [1.165, 1.54) is 25.7 Å². The molecule has 1 saturated heterocycles. The zero-order valence-electron chi connectivity index (χ0n) is 14.4. The lowest BCUT2D eigenvalue weighted by atomic mass is 10.1. The zero-order chi connectivity index (χ0) is 16.7. The topological polar surface area (TPSA) is 49.6 Å². The highest BCUT2D eigenvalue weighted by Gasteiger charge is 2.19. The number of nitrogen functional groups attached to an aromatic ring is 1. The number of nitrogens with two attached hydrogens (primary N) is 1. The molecule has 2 N–H and O–H groups in total. The summed E-state index contributed by atoms with van der Waals surface area (Å²) in [4.78, 5) is 16.2. The minimum absolute atomic E-state index is 0.0389. The van der Waals surface area contributed by atoms with E-state index in [0.717, 1.165) is 31.9 Å². The van der Waals surface area contributed by atoms with Gasteiger partial charge in [0.2, 0.25) is 0 Å². The Balaban J connectivity index is 0.000000268. The van der Waals surface area contributed by atoms with Crippen LogP contribution in [0.15, 0.2) is 30.4 Å². The third-order valence-electron chi connectivity index (χ3n) is 4.43. The third-order valence-corrected chi connectivity index (χ3v) is 4.43. The Kier molecular flexibility index (Phi) is 6.66. The highest BCUT2D eigenvalue weighted by molar-refractivity contribution is 6.04. The molecule has 4 nitrogen and oxygen atoms in total. The number of hydrogen-bond donors (Lipinski definition) is 1. The van der Waals surface area contributed by atoms with Crippen molar-refractivity contribution >= 4 is 17.2 Å². The molecule has 0 unspecified atom stereocenters. The molecule has 0 bridgehead atoms. The minimum Gasteiger partial charge on any atom is -0.398 e. The SMILES string of the molecule is C1=CCCCC1.CC(=O)c1c(N)cccc1N1CCN(C)CC1. The average molecular weight is 315 g/mol. The maximum Gasteiger partial charge on any atom is 0.163 e. The van der Waals surface area contributed by atoms with Gasteiger partial charge in [-0.2, -0.15) is 0 Å². The van der Waals surface area contributed by atoms with Crippen molar-refractivity contribution in [2.24, 2.45) is 0 Å². The first-order chi connectivity index (χ1) is 11.1. The first-order valence-corrected chi connectivity index (χ1v) is 8.57. The van der Waals surface area contributed by atoms with Crippen LogP contribution < -0.4 is 10.6 Å². The van der Waals surface area contributed by atoms with Crippen LogP contribution in [0, 0.1) is 0 Å². The van der Waals surface area contributed by atoms with E-state index in [4.69, 9.17) is 5.73 Å². The molecule has 4 heteroatoms. The maximum atomic E-state index is 11.7. The largest absolute Gasteiger partial charge is 0.398 e. The van der Waals surface area contributed by atoms with E-state index in [1.807, 2.05) is 12.1 Å². The van der Waals surface area contributed by atoms with E-state index in [0.29, 0.717) is 11.3 Å². The van der Waals surface area contributed by atoms with E-state index in [9.17, 15) is 4.79 Å². The van der Waals surface area contributed by atoms with Crippen molar-refractivity contribution in [3.8, 4) is 0 Å². The molecule has 1 fully saturated rings. The standard InChI is InChI=1S/C13H19N3O.C6H10/c1-10(17)13-11(14)4-3-5-12(13)16-8-6-15(2)7-9-16;1-2-4-6-5-3-1/h3-5H,6-9,14H2,1-2H3;1-2H,3-6H2. The molecule has 1 aliphatic heterocycles. The molecular weight excluding hydrogens is 286 g/mol. The molecule has 0 spiro atoms. The molecule has 1 heterocycles. The van der Waals surface area contributed by atoms with E-state index in [-0.39, 0.29) is 5.78 Å². The van der Waals surface area contributed by atoms with Crippen LogP contribution in [0.5, 0.6) is 0 Å². The molecule has 1 aliphatic carbocycles. The molecule has 3 rings (SSSR count). The monoisotopic (exact) mass is 315 g/mol. The van der Waals surface area contributed by atoms with Crippen molar-refractivity contribution in [2.45, 2.75) is 32.6 Å². The smallest absolute Gasteiger partial charge is 0.163 e. The summed E-state index contributed by atoms with van der Waals surface area (Å²) in [5, 5.41) is 0. The van der Waals surface area contributed by atoms with Crippen molar-refractivity contribution in [1.29, 1.82) is 0 Å². The summed E-state index contributed by atoms with van der Waals surface area (Å²) >= 11 is 0. The van der Waals surface area contributed by atoms with Crippen molar-refractivity contribution in [3.63, 3.8) is 0 Å². The number of rotatable bonds is 2. The number of likely N-dealkylation sites (N-methyl/N-ethyl adjacent to an activating group) is 1. The van der Waals surface area contributed by atoms with Crippen molar-refractivity contribution in [3.05, 3.63) is 35.9 Å². The number of allylic oxidation sites excluding steroid dienone is 2. The van der Waals surface area contributed by atoms with Gasteiger partial charge >= 0.3 is 0 Å². The van der Waals surface area contributed by atoms with Gasteiger partial charge in [0.15, 0.2) is 5.78 Å². The third kappa shape index (κ3) is 5.10. The van der Waals surface area contributed by atoms with Gasteiger partial charge in [-0.1, -0.05) is 18.2 Å². The molecule has 126 valence electrons. The quantitative estimate of drug-likeness (QED) is 0.516. The normalized spacial score (nSPS) is 18.3. The Labute approximate surface area is 140 Å². The summed E-state index contributed by atoms with van der Waals surface area (Å²) in [7, 11) is 2.11. The molecule has 0 atom stereocenters. The average Bonchev–Trinajstić information content (AvgIpc) is 2.57. The van der Waals surface area contributed by atoms with Crippen LogP contribution in [0.3, 0.4) is 0 Å². The highest BCUT2D eigenvalue weighted by atomic mass is 16.1. The van der Waals surface area contributed by atoms with Gasteiger partial charge in [0.1, 0.15) is 0 Å². The zero-order valence-corrected chi connectivity index (χ0v) is 14.4. The number of hydrogen-bond acceptors (Lipinski definition) is 4. The Bertz CT molecular complexity index is 538. The second kappa shape index (κ2) is 8.73. The predicted molar refractivity (Wildman–Crippen MR) is 98.2 cm³/mol. The number of carbonyl (C=O) groups is 1. The fourth-order valence-electron chi connectivity index (χ4n) is 3.01. The van der Waals surface area contributed by atoms with Gasteiger partial charge in [0, 0.05) is 37.6 Å². The molecule has 0 aromatic heterocycles. The van der Waals surface area contributed by atoms with Gasteiger partial charge in [-0.25, -0.2) is 0 Å². The van der Waals surface area contributed by atoms with Gasteiger partial charge in [-0.15, -0.1) is 0 Å². The highest BCUT2D eigenvalue weighted by Crippen LogP contribution is 2.27. The van der Waals surface area contributed by atoms with Gasteiger partial charge in [-0.3, -0.25) is 4.79 Å². The van der Waals surface area contributed by atoms with E-state index in [1.54, 1.807) is 13.0 Å². The van der Waals surface area contributed by atoms with E-state index in [2.05, 4.69) is 29.0 Å². The lowest BCUT2D eigenvalue weighted by Crippen LogP contribution is -2.45. The number of anilines is 2. The minimum atomic E-state index is 0.0389. The Morgan fingerprint density at radius 3 is 2.13 bits per heavy atom. The van der Waals surface area contributed by atoms with E-state index < -0.39 is 0 Å². The maximum absolute atomic E-state index is 11.7. The Morgan fingerprint density at radius 1 is 1.04 bits per heavy atom. The second-order valence-electron chi connectivity index (χ2n) is 6.34. The molecular formula is C19H29N3O. The second-order valence-corrected chi connectivity index (χ2v) is 6.34. The fourth-order valence-corrected chi connectivity index (χ4v) is 3.01. The van der Waals surface area contributed by atoms with Crippen LogP contribution in [0.4, 0.5) is 11.4 Å². The number of Topliss-reactive ketones (excluding diaryl/α,β-unsaturated/α-hetero) is 1. The van der Waals surface area contributed by atoms with Crippen LogP contribution in [0.25, 0.3) is 0 Å². The number of piperazine rings is 1. The first kappa shape index (κ1) is 17.5. The first-order valence-electron chi connectivity index (χ1n) is 8.57. The summed E-state index contributed by atoms with van der Waals surface area (Å²) in [5.41, 5.74) is 8.12. The van der Waals surface area contributed by atoms with Crippen LogP contribution in [-0.4, -0.2) is 43.9 Å².